The molecule has 3 rings (SSSR count). The summed E-state index contributed by atoms with van der Waals surface area (Å²) in [6, 6.07) is 4.92. The van der Waals surface area contributed by atoms with E-state index < -0.39 is 5.91 Å². The third kappa shape index (κ3) is 2.31. The van der Waals surface area contributed by atoms with Crippen LogP contribution in [-0.4, -0.2) is 21.0 Å². The van der Waals surface area contributed by atoms with Crippen LogP contribution in [0.3, 0.4) is 0 Å². The number of anilines is 1. The predicted molar refractivity (Wildman–Crippen MR) is 78.5 cm³/mol. The number of aromatic hydroxyl groups is 1. The maximum atomic E-state index is 12.1. The maximum absolute atomic E-state index is 12.1. The smallest absolute Gasteiger partial charge is 0.262 e. The number of rotatable bonds is 2. The molecule has 0 unspecified atom stereocenters. The summed E-state index contributed by atoms with van der Waals surface area (Å²) in [6.45, 7) is 0. The van der Waals surface area contributed by atoms with E-state index >= 15 is 0 Å². The summed E-state index contributed by atoms with van der Waals surface area (Å²) in [5.74, 6) is -0.613. The number of benzene rings is 1. The summed E-state index contributed by atoms with van der Waals surface area (Å²) in [5, 5.41) is 15.9. The third-order valence-electron chi connectivity index (χ3n) is 2.70. The van der Waals surface area contributed by atoms with E-state index in [-0.39, 0.29) is 11.3 Å². The minimum atomic E-state index is -0.466. The van der Waals surface area contributed by atoms with Crippen LogP contribution < -0.4 is 5.32 Å². The minimum Gasteiger partial charge on any atom is -0.506 e. The Bertz CT molecular complexity index is 790. The molecule has 2 N–H and O–H groups in total. The second-order valence-corrected chi connectivity index (χ2v) is 5.30. The lowest BCUT2D eigenvalue weighted by atomic mass is 10.1. The van der Waals surface area contributed by atoms with Gasteiger partial charge in [-0.1, -0.05) is 11.6 Å². The zero-order valence-corrected chi connectivity index (χ0v) is 11.6. The van der Waals surface area contributed by atoms with Gasteiger partial charge in [0.1, 0.15) is 11.3 Å². The molecule has 0 radical (unpaired) electrons. The molecule has 0 bridgehead atoms. The van der Waals surface area contributed by atoms with E-state index in [0.29, 0.717) is 21.1 Å². The molecule has 0 atom stereocenters. The first-order valence-electron chi connectivity index (χ1n) is 5.63. The molecule has 0 fully saturated rings. The molecule has 2 aromatic heterocycles. The molecular weight excluding hydrogens is 298 g/mol. The Hall–Kier alpha value is -2.18. The Kier molecular flexibility index (Phi) is 3.25. The summed E-state index contributed by atoms with van der Waals surface area (Å²) in [5.41, 5.74) is 0.646. The van der Waals surface area contributed by atoms with Crippen LogP contribution in [0.25, 0.3) is 10.9 Å². The number of halogens is 1. The topological polar surface area (TPSA) is 75.1 Å². The fourth-order valence-corrected chi connectivity index (χ4v) is 2.46. The number of nitrogens with zero attached hydrogens (tertiary/aromatic N) is 2. The highest BCUT2D eigenvalue weighted by atomic mass is 35.5. The molecule has 0 aliphatic rings. The van der Waals surface area contributed by atoms with Crippen LogP contribution >= 0.6 is 22.9 Å². The molecule has 3 aromatic rings. The van der Waals surface area contributed by atoms with Gasteiger partial charge in [-0.15, -0.1) is 11.3 Å². The van der Waals surface area contributed by atoms with E-state index in [0.717, 1.165) is 0 Å². The zero-order valence-electron chi connectivity index (χ0n) is 10.0. The van der Waals surface area contributed by atoms with Crippen LogP contribution in [0.1, 0.15) is 10.4 Å². The highest BCUT2D eigenvalue weighted by Gasteiger charge is 2.16. The Labute approximate surface area is 122 Å². The number of thiazole rings is 1. The highest BCUT2D eigenvalue weighted by Crippen LogP contribution is 2.29. The van der Waals surface area contributed by atoms with Gasteiger partial charge in [0.15, 0.2) is 5.13 Å². The third-order valence-corrected chi connectivity index (χ3v) is 3.62. The normalized spacial score (nSPS) is 10.7. The molecule has 0 spiro atoms. The van der Waals surface area contributed by atoms with Crippen molar-refractivity contribution < 1.29 is 9.90 Å². The molecule has 0 saturated carbocycles. The monoisotopic (exact) mass is 305 g/mol. The number of aromatic nitrogens is 2. The van der Waals surface area contributed by atoms with Gasteiger partial charge in [-0.25, -0.2) is 4.98 Å². The van der Waals surface area contributed by atoms with Crippen molar-refractivity contribution in [2.45, 2.75) is 0 Å². The maximum Gasteiger partial charge on any atom is 0.262 e. The number of carbonyl (C=O) groups is 1. The minimum absolute atomic E-state index is 0.0787. The number of hydrogen-bond donors (Lipinski definition) is 2. The zero-order chi connectivity index (χ0) is 14.1. The Morgan fingerprint density at radius 1 is 1.35 bits per heavy atom. The fraction of sp³-hybridized carbons (Fsp3) is 0. The van der Waals surface area contributed by atoms with Crippen molar-refractivity contribution in [3.63, 3.8) is 0 Å². The van der Waals surface area contributed by atoms with Gasteiger partial charge in [-0.3, -0.25) is 15.1 Å². The molecule has 1 aromatic carbocycles. The summed E-state index contributed by atoms with van der Waals surface area (Å²) >= 11 is 7.18. The Morgan fingerprint density at radius 2 is 2.20 bits per heavy atom. The van der Waals surface area contributed by atoms with Crippen LogP contribution in [0.5, 0.6) is 5.75 Å². The van der Waals surface area contributed by atoms with Crippen LogP contribution in [-0.2, 0) is 0 Å². The average Bonchev–Trinajstić information content (AvgIpc) is 2.92. The SMILES string of the molecule is O=C(Nc1nccs1)c1cnc2ccc(Cl)cc2c1O. The summed E-state index contributed by atoms with van der Waals surface area (Å²) in [7, 11) is 0. The summed E-state index contributed by atoms with van der Waals surface area (Å²) in [4.78, 5) is 20.2. The van der Waals surface area contributed by atoms with Gasteiger partial charge in [-0.2, -0.15) is 0 Å². The van der Waals surface area contributed by atoms with Crippen molar-refractivity contribution in [3.8, 4) is 5.75 Å². The number of nitrogens with one attached hydrogen (secondary N) is 1. The van der Waals surface area contributed by atoms with Crippen molar-refractivity contribution >= 4 is 44.9 Å². The van der Waals surface area contributed by atoms with Crippen molar-refractivity contribution in [1.82, 2.24) is 9.97 Å². The van der Waals surface area contributed by atoms with Gasteiger partial charge in [0.25, 0.3) is 5.91 Å². The molecule has 0 aliphatic carbocycles. The van der Waals surface area contributed by atoms with Gasteiger partial charge in [0.05, 0.1) is 5.52 Å². The average molecular weight is 306 g/mol. The number of amides is 1. The van der Waals surface area contributed by atoms with Crippen LogP contribution in [0.15, 0.2) is 36.0 Å². The van der Waals surface area contributed by atoms with Gasteiger partial charge in [-0.05, 0) is 18.2 Å². The molecule has 100 valence electrons. The van der Waals surface area contributed by atoms with Gasteiger partial charge < -0.3 is 5.11 Å². The van der Waals surface area contributed by atoms with Crippen LogP contribution in [0.4, 0.5) is 5.13 Å². The fourth-order valence-electron chi connectivity index (χ4n) is 1.77. The highest BCUT2D eigenvalue weighted by molar-refractivity contribution is 7.13. The van der Waals surface area contributed by atoms with Crippen molar-refractivity contribution in [1.29, 1.82) is 0 Å². The van der Waals surface area contributed by atoms with Crippen molar-refractivity contribution in [2.75, 3.05) is 5.32 Å². The molecule has 0 saturated heterocycles. The molecule has 20 heavy (non-hydrogen) atoms. The first kappa shape index (κ1) is 12.8. The molecule has 1 amide bonds. The van der Waals surface area contributed by atoms with E-state index in [1.807, 2.05) is 0 Å². The molecule has 0 aliphatic heterocycles. The molecule has 7 heteroatoms. The number of pyridine rings is 1. The summed E-state index contributed by atoms with van der Waals surface area (Å²) < 4.78 is 0. The second-order valence-electron chi connectivity index (χ2n) is 3.97. The van der Waals surface area contributed by atoms with E-state index in [2.05, 4.69) is 15.3 Å². The van der Waals surface area contributed by atoms with Crippen LogP contribution in [0, 0.1) is 0 Å². The van der Waals surface area contributed by atoms with Crippen LogP contribution in [0.2, 0.25) is 5.02 Å². The number of fused-ring (bicyclic) bond motifs is 1. The predicted octanol–water partition coefficient (Wildman–Crippen LogP) is 3.30. The van der Waals surface area contributed by atoms with E-state index in [1.165, 1.54) is 17.5 Å². The molecule has 2 heterocycles. The number of carbonyl (C=O) groups excluding carboxylic acids is 1. The summed E-state index contributed by atoms with van der Waals surface area (Å²) in [6.07, 6.45) is 2.91. The Balaban J connectivity index is 2.03. The molecule has 5 nitrogen and oxygen atoms in total. The van der Waals surface area contributed by atoms with E-state index in [4.69, 9.17) is 11.6 Å². The second kappa shape index (κ2) is 5.07. The largest absolute Gasteiger partial charge is 0.506 e. The quantitative estimate of drug-likeness (QED) is 0.761. The lowest BCUT2D eigenvalue weighted by molar-refractivity contribution is 0.102. The Morgan fingerprint density at radius 3 is 2.95 bits per heavy atom. The first-order chi connectivity index (χ1) is 9.65. The van der Waals surface area contributed by atoms with Gasteiger partial charge in [0, 0.05) is 28.2 Å². The van der Waals surface area contributed by atoms with Crippen molar-refractivity contribution in [3.05, 3.63) is 46.6 Å². The first-order valence-corrected chi connectivity index (χ1v) is 6.89. The van der Waals surface area contributed by atoms with E-state index in [1.54, 1.807) is 29.8 Å². The lowest BCUT2D eigenvalue weighted by Gasteiger charge is -2.07. The standard InChI is InChI=1S/C13H8ClN3O2S/c14-7-1-2-10-8(5-7)11(18)9(6-16-10)12(19)17-13-15-3-4-20-13/h1-6H,(H,16,18)(H,15,17,19). The van der Waals surface area contributed by atoms with Gasteiger partial charge >= 0.3 is 0 Å². The number of hydrogen-bond acceptors (Lipinski definition) is 5. The van der Waals surface area contributed by atoms with Gasteiger partial charge in [0.2, 0.25) is 0 Å². The van der Waals surface area contributed by atoms with E-state index in [9.17, 15) is 9.90 Å². The van der Waals surface area contributed by atoms with Crippen molar-refractivity contribution in [2.24, 2.45) is 0 Å². The molecular formula is C13H8ClN3O2S. The lowest BCUT2D eigenvalue weighted by Crippen LogP contribution is -2.12.